The number of carbonyl (C=O) groups is 2. The minimum Gasteiger partial charge on any atom is -0.451 e. The molecule has 0 saturated heterocycles. The molecule has 1 aromatic heterocycles. The highest BCUT2D eigenvalue weighted by molar-refractivity contribution is 5.93. The Balaban J connectivity index is 2.13. The number of nitrogens with one attached hydrogen (secondary N) is 1. The van der Waals surface area contributed by atoms with E-state index in [2.05, 4.69) is 5.32 Å². The van der Waals surface area contributed by atoms with Crippen molar-refractivity contribution < 1.29 is 14.0 Å². The van der Waals surface area contributed by atoms with Crippen LogP contribution in [0.25, 0.3) is 11.3 Å². The predicted molar refractivity (Wildman–Crippen MR) is 99.2 cm³/mol. The molecule has 4 heteroatoms. The summed E-state index contributed by atoms with van der Waals surface area (Å²) in [4.78, 5) is 23.1. The van der Waals surface area contributed by atoms with Gasteiger partial charge in [-0.15, -0.1) is 0 Å². The van der Waals surface area contributed by atoms with E-state index < -0.39 is 0 Å². The van der Waals surface area contributed by atoms with Gasteiger partial charge < -0.3 is 14.5 Å². The lowest BCUT2D eigenvalue weighted by Crippen LogP contribution is -2.21. The molecular weight excluding hydrogens is 314 g/mol. The summed E-state index contributed by atoms with van der Waals surface area (Å²) in [7, 11) is 0. The van der Waals surface area contributed by atoms with Crippen molar-refractivity contribution in [2.45, 2.75) is 33.6 Å². The summed E-state index contributed by atoms with van der Waals surface area (Å²) in [6, 6.07) is 11.4. The maximum absolute atomic E-state index is 12.4. The van der Waals surface area contributed by atoms with Crippen molar-refractivity contribution >= 4 is 12.2 Å². The molecule has 0 saturated carbocycles. The third-order valence-electron chi connectivity index (χ3n) is 3.89. The van der Waals surface area contributed by atoms with Crippen molar-refractivity contribution in [1.82, 2.24) is 5.32 Å². The van der Waals surface area contributed by atoms with Gasteiger partial charge >= 0.3 is 0 Å². The average Bonchev–Trinajstić information content (AvgIpc) is 3.11. The minimum atomic E-state index is -0.315. The molecule has 0 radical (unpaired) electrons. The highest BCUT2D eigenvalue weighted by Crippen LogP contribution is 2.22. The number of amides is 1. The summed E-state index contributed by atoms with van der Waals surface area (Å²) in [6.07, 6.45) is 5.61. The zero-order valence-corrected chi connectivity index (χ0v) is 14.8. The molecule has 4 nitrogen and oxygen atoms in total. The molecule has 0 aliphatic rings. The van der Waals surface area contributed by atoms with Crippen molar-refractivity contribution in [1.29, 1.82) is 0 Å². The van der Waals surface area contributed by atoms with E-state index in [9.17, 15) is 9.59 Å². The second kappa shape index (κ2) is 8.83. The van der Waals surface area contributed by atoms with E-state index in [0.717, 1.165) is 23.8 Å². The van der Waals surface area contributed by atoms with E-state index in [-0.39, 0.29) is 11.7 Å². The van der Waals surface area contributed by atoms with Crippen molar-refractivity contribution in [3.05, 3.63) is 71.1 Å². The van der Waals surface area contributed by atoms with Gasteiger partial charge in [-0.3, -0.25) is 4.79 Å². The van der Waals surface area contributed by atoms with E-state index in [1.165, 1.54) is 5.56 Å². The third-order valence-corrected chi connectivity index (χ3v) is 3.89. The summed E-state index contributed by atoms with van der Waals surface area (Å²) in [6.45, 7) is 5.83. The molecule has 0 unspecified atom stereocenters. The molecule has 0 aliphatic carbocycles. The van der Waals surface area contributed by atoms with Crippen molar-refractivity contribution in [2.75, 3.05) is 0 Å². The molecule has 0 bridgehead atoms. The van der Waals surface area contributed by atoms with Gasteiger partial charge in [0.25, 0.3) is 5.91 Å². The molecule has 0 aliphatic heterocycles. The Bertz CT molecular complexity index is 795. The lowest BCUT2D eigenvalue weighted by atomic mass is 10.1. The maximum atomic E-state index is 12.4. The largest absolute Gasteiger partial charge is 0.451 e. The van der Waals surface area contributed by atoms with Gasteiger partial charge in [0.1, 0.15) is 12.0 Å². The number of allylic oxidation sites excluding steroid dienone is 3. The standard InChI is InChI=1S/C21H23NO3/c1-4-16(12-13-23)14-18(5-2)22-21(24)20-11-10-19(25-20)17-8-6-15(3)7-9-17/h5-11,13-14H,4,12H2,1-3H3,(H,22,24)/b16-14+,18-5+. The van der Waals surface area contributed by atoms with Crippen LogP contribution in [0.3, 0.4) is 0 Å². The van der Waals surface area contributed by atoms with Gasteiger partial charge in [0.05, 0.1) is 0 Å². The van der Waals surface area contributed by atoms with Crippen molar-refractivity contribution in [3.63, 3.8) is 0 Å². The molecule has 2 rings (SSSR count). The summed E-state index contributed by atoms with van der Waals surface area (Å²) in [5, 5.41) is 2.82. The summed E-state index contributed by atoms with van der Waals surface area (Å²) >= 11 is 0. The first-order valence-corrected chi connectivity index (χ1v) is 8.35. The molecule has 0 spiro atoms. The minimum absolute atomic E-state index is 0.247. The smallest absolute Gasteiger partial charge is 0.291 e. The van der Waals surface area contributed by atoms with E-state index in [1.807, 2.05) is 51.1 Å². The van der Waals surface area contributed by atoms with Gasteiger partial charge in [0, 0.05) is 17.7 Å². The summed E-state index contributed by atoms with van der Waals surface area (Å²) in [5.41, 5.74) is 3.70. The Hall–Kier alpha value is -2.88. The molecule has 0 atom stereocenters. The van der Waals surface area contributed by atoms with Crippen LogP contribution in [0.1, 0.15) is 42.8 Å². The van der Waals surface area contributed by atoms with Gasteiger partial charge in [-0.1, -0.05) is 48.4 Å². The van der Waals surface area contributed by atoms with Crippen LogP contribution < -0.4 is 5.32 Å². The highest BCUT2D eigenvalue weighted by atomic mass is 16.3. The van der Waals surface area contributed by atoms with Gasteiger partial charge in [-0.25, -0.2) is 0 Å². The zero-order valence-electron chi connectivity index (χ0n) is 14.8. The topological polar surface area (TPSA) is 59.3 Å². The van der Waals surface area contributed by atoms with Gasteiger partial charge in [-0.05, 0) is 38.5 Å². The Morgan fingerprint density at radius 1 is 1.16 bits per heavy atom. The second-order valence-corrected chi connectivity index (χ2v) is 5.75. The van der Waals surface area contributed by atoms with E-state index in [1.54, 1.807) is 18.2 Å². The number of carbonyl (C=O) groups excluding carboxylic acids is 2. The Morgan fingerprint density at radius 3 is 2.48 bits per heavy atom. The molecule has 25 heavy (non-hydrogen) atoms. The monoisotopic (exact) mass is 337 g/mol. The van der Waals surface area contributed by atoms with Crippen LogP contribution in [0.5, 0.6) is 0 Å². The van der Waals surface area contributed by atoms with Crippen LogP contribution >= 0.6 is 0 Å². The average molecular weight is 337 g/mol. The van der Waals surface area contributed by atoms with Crippen LogP contribution in [0.15, 0.2) is 64.2 Å². The number of aldehydes is 1. The van der Waals surface area contributed by atoms with Crippen LogP contribution in [-0.2, 0) is 4.79 Å². The lowest BCUT2D eigenvalue weighted by Gasteiger charge is -2.06. The number of aryl methyl sites for hydroxylation is 1. The lowest BCUT2D eigenvalue weighted by molar-refractivity contribution is -0.107. The molecule has 1 amide bonds. The summed E-state index contributed by atoms with van der Waals surface area (Å²) in [5.74, 6) is 0.582. The first-order chi connectivity index (χ1) is 12.1. The number of hydrogen-bond donors (Lipinski definition) is 1. The normalized spacial score (nSPS) is 12.1. The molecule has 1 heterocycles. The van der Waals surface area contributed by atoms with Gasteiger partial charge in [-0.2, -0.15) is 0 Å². The van der Waals surface area contributed by atoms with Crippen LogP contribution in [0.2, 0.25) is 0 Å². The van der Waals surface area contributed by atoms with Crippen LogP contribution in [0, 0.1) is 6.92 Å². The van der Waals surface area contributed by atoms with E-state index >= 15 is 0 Å². The fraction of sp³-hybridized carbons (Fsp3) is 0.238. The van der Waals surface area contributed by atoms with Crippen molar-refractivity contribution in [3.8, 4) is 11.3 Å². The molecule has 1 aromatic carbocycles. The Kier molecular flexibility index (Phi) is 6.52. The predicted octanol–water partition coefficient (Wildman–Crippen LogP) is 4.81. The quantitative estimate of drug-likeness (QED) is 0.582. The Morgan fingerprint density at radius 2 is 1.88 bits per heavy atom. The first kappa shape index (κ1) is 18.5. The van der Waals surface area contributed by atoms with E-state index in [0.29, 0.717) is 17.9 Å². The summed E-state index contributed by atoms with van der Waals surface area (Å²) < 4.78 is 5.68. The highest BCUT2D eigenvalue weighted by Gasteiger charge is 2.13. The van der Waals surface area contributed by atoms with Crippen LogP contribution in [0.4, 0.5) is 0 Å². The van der Waals surface area contributed by atoms with Crippen molar-refractivity contribution in [2.24, 2.45) is 0 Å². The first-order valence-electron chi connectivity index (χ1n) is 8.35. The van der Waals surface area contributed by atoms with Crippen LogP contribution in [-0.4, -0.2) is 12.2 Å². The van der Waals surface area contributed by atoms with Gasteiger partial charge in [0.2, 0.25) is 0 Å². The molecule has 2 aromatic rings. The van der Waals surface area contributed by atoms with E-state index in [4.69, 9.17) is 4.42 Å². The molecule has 1 N–H and O–H groups in total. The molecular formula is C21H23NO3. The number of hydrogen-bond acceptors (Lipinski definition) is 3. The third kappa shape index (κ3) is 5.05. The fourth-order valence-corrected chi connectivity index (χ4v) is 2.35. The fourth-order valence-electron chi connectivity index (χ4n) is 2.35. The zero-order chi connectivity index (χ0) is 18.2. The number of rotatable bonds is 7. The number of furan rings is 1. The second-order valence-electron chi connectivity index (χ2n) is 5.75. The Labute approximate surface area is 148 Å². The van der Waals surface area contributed by atoms with Gasteiger partial charge in [0.15, 0.2) is 5.76 Å². The molecule has 130 valence electrons. The SMILES string of the molecule is C/C=C(\C=C(/CC)CC=O)NC(=O)c1ccc(-c2ccc(C)cc2)o1. The number of benzene rings is 1. The maximum Gasteiger partial charge on any atom is 0.291 e. The molecule has 0 fully saturated rings.